The number of rotatable bonds is 7. The number of aryl methyl sites for hydroxylation is 1. The van der Waals surface area contributed by atoms with Crippen molar-refractivity contribution in [3.05, 3.63) is 35.5 Å². The highest BCUT2D eigenvalue weighted by atomic mass is 16.5. The predicted octanol–water partition coefficient (Wildman–Crippen LogP) is 2.21. The monoisotopic (exact) mass is 399 g/mol. The highest BCUT2D eigenvalue weighted by Gasteiger charge is 2.15. The molecule has 0 spiro atoms. The number of nitrogens with zero attached hydrogens (tertiary/aromatic N) is 2. The molecule has 1 aromatic heterocycles. The fourth-order valence-electron chi connectivity index (χ4n) is 3.60. The van der Waals surface area contributed by atoms with Gasteiger partial charge in [-0.25, -0.2) is 4.99 Å². The van der Waals surface area contributed by atoms with Gasteiger partial charge in [0.05, 0.1) is 6.10 Å². The Kier molecular flexibility index (Phi) is 7.52. The molecule has 7 nitrogen and oxygen atoms in total. The average Bonchev–Trinajstić information content (AvgIpc) is 3.05. The third-order valence-corrected chi connectivity index (χ3v) is 5.34. The number of H-pyrrole nitrogens is 1. The van der Waals surface area contributed by atoms with Gasteiger partial charge in [0, 0.05) is 50.4 Å². The number of nitrogens with one attached hydrogen (secondary N) is 3. The molecule has 2 heterocycles. The van der Waals surface area contributed by atoms with Gasteiger partial charge in [0.15, 0.2) is 5.96 Å². The zero-order valence-corrected chi connectivity index (χ0v) is 17.8. The largest absolute Gasteiger partial charge is 0.376 e. The van der Waals surface area contributed by atoms with Crippen molar-refractivity contribution in [3.63, 3.8) is 0 Å². The molecule has 3 N–H and O–H groups in total. The second-order valence-corrected chi connectivity index (χ2v) is 7.77. The van der Waals surface area contributed by atoms with Gasteiger partial charge >= 0.3 is 0 Å². The number of carbonyl (C=O) groups is 1. The molecule has 0 bridgehead atoms. The molecule has 1 fully saturated rings. The van der Waals surface area contributed by atoms with Crippen LogP contribution in [0.3, 0.4) is 0 Å². The first-order valence-corrected chi connectivity index (χ1v) is 10.4. The molecule has 2 aromatic rings. The first-order valence-electron chi connectivity index (χ1n) is 10.4. The SMILES string of the molecule is Cc1[nH]c2ccccc2c1CCNC(=NCC(=O)N(C)C)NCC1CCCCO1. The number of ether oxygens (including phenoxy) is 1. The van der Waals surface area contributed by atoms with Crippen molar-refractivity contribution in [3.8, 4) is 0 Å². The van der Waals surface area contributed by atoms with Crippen LogP contribution in [-0.4, -0.2) is 68.2 Å². The smallest absolute Gasteiger partial charge is 0.243 e. The van der Waals surface area contributed by atoms with E-state index in [1.807, 2.05) is 6.07 Å². The van der Waals surface area contributed by atoms with Crippen molar-refractivity contribution in [1.29, 1.82) is 0 Å². The maximum Gasteiger partial charge on any atom is 0.243 e. The Labute approximate surface area is 172 Å². The van der Waals surface area contributed by atoms with Crippen molar-refractivity contribution >= 4 is 22.8 Å². The first kappa shape index (κ1) is 21.2. The molecule has 1 aliphatic heterocycles. The van der Waals surface area contributed by atoms with Gasteiger partial charge in [-0.1, -0.05) is 18.2 Å². The minimum Gasteiger partial charge on any atom is -0.376 e. The van der Waals surface area contributed by atoms with Crippen molar-refractivity contribution in [2.24, 2.45) is 4.99 Å². The normalized spacial score (nSPS) is 17.3. The van der Waals surface area contributed by atoms with Gasteiger partial charge in [-0.15, -0.1) is 0 Å². The number of guanidine groups is 1. The molecule has 0 aliphatic carbocycles. The van der Waals surface area contributed by atoms with E-state index in [2.05, 4.69) is 45.7 Å². The summed E-state index contributed by atoms with van der Waals surface area (Å²) in [7, 11) is 3.49. The van der Waals surface area contributed by atoms with E-state index in [0.717, 1.165) is 37.9 Å². The molecular formula is C22H33N5O2. The van der Waals surface area contributed by atoms with Crippen LogP contribution in [0, 0.1) is 6.92 Å². The van der Waals surface area contributed by atoms with Crippen LogP contribution in [0.15, 0.2) is 29.3 Å². The number of aliphatic imine (C=N–C) groups is 1. The molecule has 0 saturated carbocycles. The van der Waals surface area contributed by atoms with Crippen molar-refractivity contribution in [2.75, 3.05) is 40.3 Å². The van der Waals surface area contributed by atoms with Crippen LogP contribution in [0.25, 0.3) is 10.9 Å². The summed E-state index contributed by atoms with van der Waals surface area (Å²) in [5.41, 5.74) is 3.67. The van der Waals surface area contributed by atoms with E-state index in [0.29, 0.717) is 12.5 Å². The number of para-hydroxylation sites is 1. The number of aromatic amines is 1. The summed E-state index contributed by atoms with van der Waals surface area (Å²) in [6.07, 6.45) is 4.47. The summed E-state index contributed by atoms with van der Waals surface area (Å²) in [6.45, 7) is 4.49. The van der Waals surface area contributed by atoms with E-state index in [9.17, 15) is 4.79 Å². The maximum absolute atomic E-state index is 11.9. The van der Waals surface area contributed by atoms with Crippen LogP contribution in [0.1, 0.15) is 30.5 Å². The summed E-state index contributed by atoms with van der Waals surface area (Å²) < 4.78 is 5.79. The zero-order valence-electron chi connectivity index (χ0n) is 17.8. The standard InChI is InChI=1S/C22H33N5O2/c1-16-18(19-9-4-5-10-20(19)26-16)11-12-23-22(25-15-21(28)27(2)3)24-14-17-8-6-7-13-29-17/h4-5,9-10,17,26H,6-8,11-15H2,1-3H3,(H2,23,24,25). The van der Waals surface area contributed by atoms with Crippen LogP contribution in [0.2, 0.25) is 0 Å². The summed E-state index contributed by atoms with van der Waals surface area (Å²) in [4.78, 5) is 21.4. The molecule has 0 radical (unpaired) electrons. The Morgan fingerprint density at radius 3 is 2.86 bits per heavy atom. The second kappa shape index (κ2) is 10.3. The Bertz CT molecular complexity index is 837. The Hall–Kier alpha value is -2.54. The zero-order chi connectivity index (χ0) is 20.6. The van der Waals surface area contributed by atoms with E-state index in [1.165, 1.54) is 23.1 Å². The fourth-order valence-corrected chi connectivity index (χ4v) is 3.60. The number of aromatic nitrogens is 1. The molecule has 1 saturated heterocycles. The lowest BCUT2D eigenvalue weighted by molar-refractivity contribution is -0.127. The van der Waals surface area contributed by atoms with E-state index in [1.54, 1.807) is 19.0 Å². The number of carbonyl (C=O) groups excluding carboxylic acids is 1. The van der Waals surface area contributed by atoms with E-state index in [-0.39, 0.29) is 18.6 Å². The molecule has 1 unspecified atom stereocenters. The summed E-state index contributed by atoms with van der Waals surface area (Å²) in [6, 6.07) is 8.37. The van der Waals surface area contributed by atoms with Gasteiger partial charge in [-0.2, -0.15) is 0 Å². The molecule has 29 heavy (non-hydrogen) atoms. The van der Waals surface area contributed by atoms with E-state index >= 15 is 0 Å². The quantitative estimate of drug-likeness (QED) is 0.493. The van der Waals surface area contributed by atoms with Gasteiger partial charge in [0.2, 0.25) is 5.91 Å². The third kappa shape index (κ3) is 5.97. The Balaban J connectivity index is 1.59. The number of amides is 1. The molecule has 1 aliphatic rings. The number of hydrogen-bond acceptors (Lipinski definition) is 3. The fraction of sp³-hybridized carbons (Fsp3) is 0.545. The number of likely N-dealkylation sites (N-methyl/N-ethyl adjacent to an activating group) is 1. The highest BCUT2D eigenvalue weighted by molar-refractivity contribution is 5.86. The topological polar surface area (TPSA) is 81.8 Å². The Morgan fingerprint density at radius 2 is 2.10 bits per heavy atom. The maximum atomic E-state index is 11.9. The van der Waals surface area contributed by atoms with Gasteiger partial charge in [-0.3, -0.25) is 4.79 Å². The minimum atomic E-state index is -0.0208. The average molecular weight is 400 g/mol. The first-order chi connectivity index (χ1) is 14.0. The molecular weight excluding hydrogens is 366 g/mol. The summed E-state index contributed by atoms with van der Waals surface area (Å²) in [5, 5.41) is 7.99. The Morgan fingerprint density at radius 1 is 1.28 bits per heavy atom. The molecule has 1 amide bonds. The lowest BCUT2D eigenvalue weighted by atomic mass is 10.1. The minimum absolute atomic E-state index is 0.0208. The molecule has 1 atom stereocenters. The van der Waals surface area contributed by atoms with Crippen molar-refractivity contribution < 1.29 is 9.53 Å². The lowest BCUT2D eigenvalue weighted by Gasteiger charge is -2.24. The van der Waals surface area contributed by atoms with E-state index < -0.39 is 0 Å². The van der Waals surface area contributed by atoms with Crippen LogP contribution >= 0.6 is 0 Å². The number of fused-ring (bicyclic) bond motifs is 1. The summed E-state index contributed by atoms with van der Waals surface area (Å²) >= 11 is 0. The van der Waals surface area contributed by atoms with Crippen LogP contribution < -0.4 is 10.6 Å². The third-order valence-electron chi connectivity index (χ3n) is 5.34. The van der Waals surface area contributed by atoms with Crippen molar-refractivity contribution in [1.82, 2.24) is 20.5 Å². The molecule has 158 valence electrons. The van der Waals surface area contributed by atoms with Gasteiger partial charge in [0.25, 0.3) is 0 Å². The summed E-state index contributed by atoms with van der Waals surface area (Å²) in [5.74, 6) is 0.638. The number of benzene rings is 1. The molecule has 7 heteroatoms. The number of hydrogen-bond donors (Lipinski definition) is 3. The van der Waals surface area contributed by atoms with Crippen LogP contribution in [-0.2, 0) is 16.0 Å². The van der Waals surface area contributed by atoms with Crippen molar-refractivity contribution in [2.45, 2.75) is 38.7 Å². The van der Waals surface area contributed by atoms with Crippen LogP contribution in [0.4, 0.5) is 0 Å². The van der Waals surface area contributed by atoms with Gasteiger partial charge in [0.1, 0.15) is 6.54 Å². The highest BCUT2D eigenvalue weighted by Crippen LogP contribution is 2.21. The lowest BCUT2D eigenvalue weighted by Crippen LogP contribution is -2.43. The van der Waals surface area contributed by atoms with Gasteiger partial charge < -0.3 is 25.3 Å². The molecule has 3 rings (SSSR count). The second-order valence-electron chi connectivity index (χ2n) is 7.77. The van der Waals surface area contributed by atoms with Crippen LogP contribution in [0.5, 0.6) is 0 Å². The predicted molar refractivity (Wildman–Crippen MR) is 117 cm³/mol. The van der Waals surface area contributed by atoms with E-state index in [4.69, 9.17) is 4.74 Å². The van der Waals surface area contributed by atoms with Gasteiger partial charge in [-0.05, 0) is 44.2 Å². The molecule has 1 aromatic carbocycles.